The number of hydrazine groups is 2. The Morgan fingerprint density at radius 2 is 2.19 bits per heavy atom. The van der Waals surface area contributed by atoms with Crippen LogP contribution in [0, 0.1) is 0 Å². The van der Waals surface area contributed by atoms with Crippen LogP contribution in [0.2, 0.25) is 0 Å². The van der Waals surface area contributed by atoms with Crippen LogP contribution >= 0.6 is 0 Å². The lowest BCUT2D eigenvalue weighted by atomic mass is 10.2. The molecule has 0 aliphatic carbocycles. The predicted molar refractivity (Wildman–Crippen MR) is 71.9 cm³/mol. The van der Waals surface area contributed by atoms with Crippen LogP contribution in [-0.2, 0) is 9.53 Å². The van der Waals surface area contributed by atoms with Crippen molar-refractivity contribution in [1.82, 2.24) is 25.8 Å². The Morgan fingerprint density at radius 3 is 2.95 bits per heavy atom. The zero-order valence-electron chi connectivity index (χ0n) is 11.7. The van der Waals surface area contributed by atoms with Crippen LogP contribution in [0.5, 0.6) is 0 Å². The van der Waals surface area contributed by atoms with Crippen LogP contribution in [0.4, 0.5) is 4.48 Å². The highest BCUT2D eigenvalue weighted by molar-refractivity contribution is 6.05. The predicted octanol–water partition coefficient (Wildman–Crippen LogP) is -1.11. The molecule has 1 saturated heterocycles. The zero-order valence-corrected chi connectivity index (χ0v) is 11.7. The molecule has 0 spiro atoms. The third-order valence-electron chi connectivity index (χ3n) is 3.28. The fourth-order valence-electron chi connectivity index (χ4n) is 2.21. The molecule has 0 aromatic carbocycles. The van der Waals surface area contributed by atoms with E-state index in [2.05, 4.69) is 15.7 Å². The van der Waals surface area contributed by atoms with Gasteiger partial charge in [0.2, 0.25) is 0 Å². The summed E-state index contributed by atoms with van der Waals surface area (Å²) in [6.07, 6.45) is 2.86. The first-order chi connectivity index (χ1) is 10.0. The van der Waals surface area contributed by atoms with Gasteiger partial charge < -0.3 is 14.5 Å². The molecule has 3 heterocycles. The van der Waals surface area contributed by atoms with Gasteiger partial charge in [0.15, 0.2) is 17.8 Å². The van der Waals surface area contributed by atoms with E-state index in [1.165, 1.54) is 10.0 Å². The van der Waals surface area contributed by atoms with E-state index in [4.69, 9.17) is 4.74 Å². The Balaban J connectivity index is 1.70. The van der Waals surface area contributed by atoms with E-state index in [1.807, 2.05) is 4.90 Å². The van der Waals surface area contributed by atoms with Gasteiger partial charge in [-0.05, 0) is 17.5 Å². The van der Waals surface area contributed by atoms with E-state index < -0.39 is 6.10 Å². The van der Waals surface area contributed by atoms with Gasteiger partial charge >= 0.3 is 0 Å². The highest BCUT2D eigenvalue weighted by Gasteiger charge is 2.31. The smallest absolute Gasteiger partial charge is 0.253 e. The topological polar surface area (TPSA) is 76.0 Å². The van der Waals surface area contributed by atoms with Crippen molar-refractivity contribution in [3.63, 3.8) is 0 Å². The summed E-state index contributed by atoms with van der Waals surface area (Å²) in [5, 5.41) is 9.12. The van der Waals surface area contributed by atoms with E-state index in [0.29, 0.717) is 31.4 Å². The van der Waals surface area contributed by atoms with Gasteiger partial charge in [0.25, 0.3) is 5.91 Å². The number of fused-ring (bicyclic) bond motifs is 1. The van der Waals surface area contributed by atoms with E-state index in [-0.39, 0.29) is 11.2 Å². The summed E-state index contributed by atoms with van der Waals surface area (Å²) in [7, 11) is 3.38. The first kappa shape index (κ1) is 13.8. The number of carbonyl (C=O) groups excluding carboxylic acids is 1. The van der Waals surface area contributed by atoms with Gasteiger partial charge in [-0.3, -0.25) is 4.79 Å². The van der Waals surface area contributed by atoms with Crippen LogP contribution in [0.15, 0.2) is 22.4 Å². The van der Waals surface area contributed by atoms with E-state index >= 15 is 0 Å². The average Bonchev–Trinajstić information content (AvgIpc) is 2.85. The summed E-state index contributed by atoms with van der Waals surface area (Å²) >= 11 is 0. The molecule has 9 nitrogen and oxygen atoms in total. The van der Waals surface area contributed by atoms with Gasteiger partial charge in [-0.15, -0.1) is 10.2 Å². The minimum absolute atomic E-state index is 0.0865. The van der Waals surface area contributed by atoms with Crippen LogP contribution in [0.3, 0.4) is 0 Å². The summed E-state index contributed by atoms with van der Waals surface area (Å²) in [5.74, 6) is 0.892. The number of hydrazone groups is 2. The molecule has 1 fully saturated rings. The van der Waals surface area contributed by atoms with Crippen LogP contribution in [0.1, 0.15) is 0 Å². The lowest BCUT2D eigenvalue weighted by Crippen LogP contribution is -2.52. The Morgan fingerprint density at radius 1 is 1.43 bits per heavy atom. The summed E-state index contributed by atoms with van der Waals surface area (Å²) < 4.78 is 18.5. The lowest BCUT2D eigenvalue weighted by molar-refractivity contribution is -0.145. The fraction of sp³-hybridized carbons (Fsp3) is 0.545. The number of carbonyl (C=O) groups is 1. The fourth-order valence-corrected chi connectivity index (χ4v) is 2.21. The van der Waals surface area contributed by atoms with Gasteiger partial charge in [-0.25, -0.2) is 0 Å². The van der Waals surface area contributed by atoms with Gasteiger partial charge in [-0.2, -0.15) is 5.12 Å². The summed E-state index contributed by atoms with van der Waals surface area (Å²) in [6, 6.07) is 0. The highest BCUT2D eigenvalue weighted by Crippen LogP contribution is 2.14. The minimum Gasteiger partial charge on any atom is -0.365 e. The third-order valence-corrected chi connectivity index (χ3v) is 3.28. The second-order valence-electron chi connectivity index (χ2n) is 4.96. The molecule has 1 atom stereocenters. The molecule has 3 aliphatic heterocycles. The monoisotopic (exact) mass is 297 g/mol. The Bertz CT molecular complexity index is 533. The third kappa shape index (κ3) is 2.67. The molecular weight excluding hydrogens is 281 g/mol. The van der Waals surface area contributed by atoms with Crippen LogP contribution in [-0.4, -0.2) is 77.7 Å². The number of likely N-dealkylation sites (N-methyl/N-ethyl adjacent to an activating group) is 1. The number of rotatable bonds is 1. The number of amidine groups is 2. The maximum atomic E-state index is 13.0. The van der Waals surface area contributed by atoms with E-state index in [9.17, 15) is 9.28 Å². The molecule has 0 bridgehead atoms. The number of nitrogens with zero attached hydrogens (tertiary/aromatic N) is 6. The Kier molecular flexibility index (Phi) is 3.47. The second kappa shape index (κ2) is 5.30. The Labute approximate surface area is 120 Å². The molecule has 3 rings (SSSR count). The quantitative estimate of drug-likeness (QED) is 0.619. The highest BCUT2D eigenvalue weighted by atomic mass is 19.2. The number of amides is 1. The van der Waals surface area contributed by atoms with Crippen molar-refractivity contribution in [2.75, 3.05) is 33.8 Å². The summed E-state index contributed by atoms with van der Waals surface area (Å²) in [6.45, 7) is 1.45. The van der Waals surface area contributed by atoms with Gasteiger partial charge in [-0.1, -0.05) is 10.0 Å². The zero-order chi connectivity index (χ0) is 15.0. The van der Waals surface area contributed by atoms with Gasteiger partial charge in [0, 0.05) is 20.6 Å². The van der Waals surface area contributed by atoms with E-state index in [1.54, 1.807) is 26.2 Å². The molecule has 114 valence electrons. The van der Waals surface area contributed by atoms with E-state index in [0.717, 1.165) is 0 Å². The van der Waals surface area contributed by atoms with Gasteiger partial charge in [0.05, 0.1) is 13.2 Å². The normalized spacial score (nSPS) is 24.7. The van der Waals surface area contributed by atoms with Crippen LogP contribution < -0.4 is 5.53 Å². The molecule has 0 aromatic heterocycles. The maximum absolute atomic E-state index is 13.0. The molecular formula is C11H16FN7O2. The van der Waals surface area contributed by atoms with Crippen LogP contribution in [0.25, 0.3) is 0 Å². The van der Waals surface area contributed by atoms with Crippen molar-refractivity contribution < 1.29 is 14.0 Å². The molecule has 1 N–H and O–H groups in total. The molecule has 0 saturated carbocycles. The number of hydrogen-bond acceptors (Lipinski definition) is 8. The SMILES string of the molecule is CN(C)C(=O)C1CN(C2=NN3NN(F)N=C3C=C2)CCO1. The second-order valence-corrected chi connectivity index (χ2v) is 4.96. The molecule has 10 heteroatoms. The molecule has 21 heavy (non-hydrogen) atoms. The summed E-state index contributed by atoms with van der Waals surface area (Å²) in [5.41, 5.74) is 2.30. The number of hydrogen-bond donors (Lipinski definition) is 1. The number of morpholine rings is 1. The van der Waals surface area contributed by atoms with Crippen molar-refractivity contribution in [2.24, 2.45) is 10.2 Å². The molecule has 0 aromatic rings. The van der Waals surface area contributed by atoms with Gasteiger partial charge in [0.1, 0.15) is 0 Å². The standard InChI is InChI=1S/C11H16FN7O2/c1-16(2)11(20)8-7-17(5-6-21-8)9-3-4-10-14-19(12)15-18(10)13-9/h3-4,8,15H,5-7H2,1-2H3. The first-order valence-corrected chi connectivity index (χ1v) is 6.50. The number of halogens is 1. The lowest BCUT2D eigenvalue weighted by Gasteiger charge is -2.35. The molecule has 3 aliphatic rings. The molecule has 1 amide bonds. The summed E-state index contributed by atoms with van der Waals surface area (Å²) in [4.78, 5) is 15.4. The maximum Gasteiger partial charge on any atom is 0.253 e. The number of nitrogens with one attached hydrogen (secondary N) is 1. The van der Waals surface area contributed by atoms with Crippen molar-refractivity contribution in [3.05, 3.63) is 12.2 Å². The van der Waals surface area contributed by atoms with Crippen molar-refractivity contribution in [1.29, 1.82) is 0 Å². The number of ether oxygens (including phenoxy) is 1. The Hall–Kier alpha value is -2.20. The van der Waals surface area contributed by atoms with Crippen molar-refractivity contribution >= 4 is 17.6 Å². The average molecular weight is 297 g/mol. The molecule has 0 radical (unpaired) electrons. The minimum atomic E-state index is -0.524. The van der Waals surface area contributed by atoms with Crippen molar-refractivity contribution in [3.8, 4) is 0 Å². The first-order valence-electron chi connectivity index (χ1n) is 6.50. The van der Waals surface area contributed by atoms with Crippen molar-refractivity contribution in [2.45, 2.75) is 6.10 Å². The molecule has 1 unspecified atom stereocenters. The largest absolute Gasteiger partial charge is 0.365 e.